The van der Waals surface area contributed by atoms with Crippen LogP contribution >= 0.6 is 0 Å². The van der Waals surface area contributed by atoms with E-state index in [1.807, 2.05) is 0 Å². The van der Waals surface area contributed by atoms with Crippen LogP contribution in [0.15, 0.2) is 78.4 Å². The Morgan fingerprint density at radius 1 is 0.865 bits per heavy atom. The van der Waals surface area contributed by atoms with E-state index in [-0.39, 0.29) is 22.4 Å². The molecule has 0 radical (unpaired) electrons. The predicted octanol–water partition coefficient (Wildman–Crippen LogP) is 5.13. The van der Waals surface area contributed by atoms with Crippen LogP contribution in [0.4, 0.5) is 18.9 Å². The molecular weight excluding hydrogens is 491 g/mol. The highest BCUT2D eigenvalue weighted by Gasteiger charge is 2.47. The summed E-state index contributed by atoms with van der Waals surface area (Å²) in [5.74, 6) is -2.64. The maximum Gasteiger partial charge on any atom is 0.416 e. The highest BCUT2D eigenvalue weighted by atomic mass is 19.4. The number of rotatable bonds is 5. The summed E-state index contributed by atoms with van der Waals surface area (Å²) in [4.78, 5) is 39.2. The Balaban J connectivity index is 1.88. The van der Waals surface area contributed by atoms with Crippen LogP contribution in [0.5, 0.6) is 5.75 Å². The first-order valence-electron chi connectivity index (χ1n) is 10.9. The number of carbonyl (C=O) groups is 3. The zero-order valence-corrected chi connectivity index (χ0v) is 19.6. The highest BCUT2D eigenvalue weighted by molar-refractivity contribution is 6.51. The summed E-state index contributed by atoms with van der Waals surface area (Å²) in [6.07, 6.45) is -4.59. The molecule has 0 bridgehead atoms. The number of methoxy groups -OCH3 is 2. The van der Waals surface area contributed by atoms with E-state index in [2.05, 4.69) is 0 Å². The van der Waals surface area contributed by atoms with E-state index in [4.69, 9.17) is 9.47 Å². The maximum absolute atomic E-state index is 13.2. The molecule has 1 amide bonds. The lowest BCUT2D eigenvalue weighted by molar-refractivity contribution is -0.137. The number of Topliss-reactive ketones (excluding diaryl/α,β-unsaturated/α-hetero) is 1. The molecular formula is C27H20F3NO6. The number of aliphatic hydroxyl groups is 1. The van der Waals surface area contributed by atoms with Gasteiger partial charge >= 0.3 is 12.1 Å². The molecule has 0 saturated carbocycles. The SMILES string of the molecule is COC(=O)c1ccc(C2C(=C(O)c3ccc(OC)cc3)C(=O)C(=O)N2c2ccc(C(F)(F)F)cc2)cc1. The second-order valence-corrected chi connectivity index (χ2v) is 8.06. The fourth-order valence-corrected chi connectivity index (χ4v) is 4.05. The summed E-state index contributed by atoms with van der Waals surface area (Å²) in [5.41, 5.74) is -0.408. The normalized spacial score (nSPS) is 17.1. The Hall–Kier alpha value is -4.60. The molecule has 0 spiro atoms. The smallest absolute Gasteiger partial charge is 0.416 e. The lowest BCUT2D eigenvalue weighted by atomic mass is 9.94. The number of amides is 1. The van der Waals surface area contributed by atoms with Gasteiger partial charge in [-0.3, -0.25) is 14.5 Å². The second kappa shape index (κ2) is 9.81. The number of alkyl halides is 3. The van der Waals surface area contributed by atoms with Crippen LogP contribution in [0.1, 0.15) is 33.1 Å². The Labute approximate surface area is 209 Å². The fraction of sp³-hybridized carbons (Fsp3) is 0.148. The molecule has 4 rings (SSSR count). The molecule has 1 N–H and O–H groups in total. The minimum Gasteiger partial charge on any atom is -0.507 e. The van der Waals surface area contributed by atoms with Crippen molar-refractivity contribution in [1.29, 1.82) is 0 Å². The van der Waals surface area contributed by atoms with Crippen molar-refractivity contribution in [1.82, 2.24) is 0 Å². The maximum atomic E-state index is 13.2. The monoisotopic (exact) mass is 511 g/mol. The lowest BCUT2D eigenvalue weighted by Gasteiger charge is -2.26. The number of halogens is 3. The van der Waals surface area contributed by atoms with Crippen molar-refractivity contribution in [3.05, 3.63) is 101 Å². The number of hydrogen-bond donors (Lipinski definition) is 1. The van der Waals surface area contributed by atoms with Gasteiger partial charge in [-0.15, -0.1) is 0 Å². The van der Waals surface area contributed by atoms with Gasteiger partial charge in [0.2, 0.25) is 0 Å². The summed E-state index contributed by atoms with van der Waals surface area (Å²) in [5, 5.41) is 11.1. The van der Waals surface area contributed by atoms with Crippen LogP contribution in [0.2, 0.25) is 0 Å². The van der Waals surface area contributed by atoms with Crippen molar-refractivity contribution in [3.8, 4) is 5.75 Å². The predicted molar refractivity (Wildman–Crippen MR) is 127 cm³/mol. The van der Waals surface area contributed by atoms with Crippen LogP contribution in [-0.4, -0.2) is 37.0 Å². The van der Waals surface area contributed by atoms with Crippen molar-refractivity contribution in [2.24, 2.45) is 0 Å². The van der Waals surface area contributed by atoms with Gasteiger partial charge in [0.05, 0.1) is 37.0 Å². The zero-order chi connectivity index (χ0) is 26.9. The summed E-state index contributed by atoms with van der Waals surface area (Å²) in [6.45, 7) is 0. The van der Waals surface area contributed by atoms with E-state index in [9.17, 15) is 32.7 Å². The molecule has 1 aliphatic heterocycles. The number of hydrogen-bond acceptors (Lipinski definition) is 6. The largest absolute Gasteiger partial charge is 0.507 e. The topological polar surface area (TPSA) is 93.1 Å². The molecule has 7 nitrogen and oxygen atoms in total. The first-order valence-corrected chi connectivity index (χ1v) is 10.9. The first kappa shape index (κ1) is 25.5. The molecule has 0 aromatic heterocycles. The van der Waals surface area contributed by atoms with E-state index in [0.29, 0.717) is 11.3 Å². The van der Waals surface area contributed by atoms with E-state index >= 15 is 0 Å². The summed E-state index contributed by atoms with van der Waals surface area (Å²) in [6, 6.07) is 14.5. The molecule has 10 heteroatoms. The fourth-order valence-electron chi connectivity index (χ4n) is 4.05. The lowest BCUT2D eigenvalue weighted by Crippen LogP contribution is -2.29. The van der Waals surface area contributed by atoms with Gasteiger partial charge in [0, 0.05) is 11.3 Å². The summed E-state index contributed by atoms with van der Waals surface area (Å²) >= 11 is 0. The van der Waals surface area contributed by atoms with E-state index < -0.39 is 41.2 Å². The van der Waals surface area contributed by atoms with Crippen molar-refractivity contribution >= 4 is 29.1 Å². The Kier molecular flexibility index (Phi) is 6.76. The number of carbonyl (C=O) groups excluding carboxylic acids is 3. The Morgan fingerprint density at radius 2 is 1.43 bits per heavy atom. The third kappa shape index (κ3) is 4.77. The van der Waals surface area contributed by atoms with Crippen molar-refractivity contribution in [2.75, 3.05) is 19.1 Å². The summed E-state index contributed by atoms with van der Waals surface area (Å²) < 4.78 is 49.1. The number of ketones is 1. The molecule has 1 unspecified atom stereocenters. The molecule has 1 atom stereocenters. The van der Waals surface area contributed by atoms with Gasteiger partial charge in [-0.05, 0) is 66.2 Å². The summed E-state index contributed by atoms with van der Waals surface area (Å²) in [7, 11) is 2.67. The van der Waals surface area contributed by atoms with Gasteiger partial charge < -0.3 is 14.6 Å². The van der Waals surface area contributed by atoms with Gasteiger partial charge in [0.1, 0.15) is 11.5 Å². The van der Waals surface area contributed by atoms with Crippen LogP contribution < -0.4 is 9.64 Å². The van der Waals surface area contributed by atoms with E-state index in [0.717, 1.165) is 29.2 Å². The van der Waals surface area contributed by atoms with E-state index in [1.165, 1.54) is 50.6 Å². The van der Waals surface area contributed by atoms with Gasteiger partial charge in [0.15, 0.2) is 0 Å². The number of nitrogens with zero attached hydrogens (tertiary/aromatic N) is 1. The van der Waals surface area contributed by atoms with Crippen LogP contribution in [0, 0.1) is 0 Å². The van der Waals surface area contributed by atoms with Gasteiger partial charge in [-0.25, -0.2) is 4.79 Å². The van der Waals surface area contributed by atoms with Crippen LogP contribution in [-0.2, 0) is 20.5 Å². The third-order valence-corrected chi connectivity index (χ3v) is 5.93. The molecule has 3 aromatic rings. The number of esters is 1. The molecule has 1 aliphatic rings. The molecule has 3 aromatic carbocycles. The molecule has 1 fully saturated rings. The molecule has 1 heterocycles. The highest BCUT2D eigenvalue weighted by Crippen LogP contribution is 2.43. The third-order valence-electron chi connectivity index (χ3n) is 5.93. The minimum absolute atomic E-state index is 0.0194. The van der Waals surface area contributed by atoms with Gasteiger partial charge in [0.25, 0.3) is 11.7 Å². The van der Waals surface area contributed by atoms with Gasteiger partial charge in [-0.2, -0.15) is 13.2 Å². The van der Waals surface area contributed by atoms with Crippen LogP contribution in [0.3, 0.4) is 0 Å². The standard InChI is InChI=1S/C27H20F3NO6/c1-36-20-13-7-16(8-14-20)23(32)21-22(15-3-5-17(6-4-15)26(35)37-2)31(25(34)24(21)33)19-11-9-18(10-12-19)27(28,29)30/h3-14,22,32H,1-2H3. The second-order valence-electron chi connectivity index (χ2n) is 8.06. The van der Waals surface area contributed by atoms with E-state index in [1.54, 1.807) is 12.1 Å². The average molecular weight is 511 g/mol. The van der Waals surface area contributed by atoms with Crippen molar-refractivity contribution in [2.45, 2.75) is 12.2 Å². The zero-order valence-electron chi connectivity index (χ0n) is 19.6. The minimum atomic E-state index is -4.59. The molecule has 190 valence electrons. The Morgan fingerprint density at radius 3 is 1.95 bits per heavy atom. The first-order chi connectivity index (χ1) is 17.6. The number of ether oxygens (including phenoxy) is 2. The number of aliphatic hydroxyl groups excluding tert-OH is 1. The van der Waals surface area contributed by atoms with Gasteiger partial charge in [-0.1, -0.05) is 12.1 Å². The number of benzene rings is 3. The average Bonchev–Trinajstić information content (AvgIpc) is 3.17. The molecule has 1 saturated heterocycles. The number of anilines is 1. The molecule has 0 aliphatic carbocycles. The van der Waals surface area contributed by atoms with Crippen molar-refractivity contribution < 1.29 is 42.1 Å². The molecule has 37 heavy (non-hydrogen) atoms. The quantitative estimate of drug-likeness (QED) is 0.221. The van der Waals surface area contributed by atoms with Crippen molar-refractivity contribution in [3.63, 3.8) is 0 Å². The Bertz CT molecular complexity index is 1380. The van der Waals surface area contributed by atoms with Crippen LogP contribution in [0.25, 0.3) is 5.76 Å².